The second-order valence-corrected chi connectivity index (χ2v) is 4.35. The van der Waals surface area contributed by atoms with Gasteiger partial charge in [-0.3, -0.25) is 4.55 Å². The van der Waals surface area contributed by atoms with E-state index in [1.54, 1.807) is 13.0 Å². The van der Waals surface area contributed by atoms with Crippen LogP contribution in [0.15, 0.2) is 23.1 Å². The number of nitrogens with two attached hydrogens (primary N) is 1. The Bertz CT molecular complexity index is 495. The van der Waals surface area contributed by atoms with E-state index in [1.165, 1.54) is 12.1 Å². The Morgan fingerprint density at radius 3 is 2.53 bits per heavy atom. The lowest BCUT2D eigenvalue weighted by Gasteiger charge is -2.07. The third-order valence-corrected chi connectivity index (χ3v) is 2.57. The summed E-state index contributed by atoms with van der Waals surface area (Å²) in [4.78, 5) is 10.2. The lowest BCUT2D eigenvalue weighted by molar-refractivity contribution is 0.259. The minimum atomic E-state index is -4.37. The number of carbonyl (C=O) groups is 1. The number of primary amides is 1. The zero-order valence-electron chi connectivity index (χ0n) is 7.89. The van der Waals surface area contributed by atoms with Gasteiger partial charge in [-0.2, -0.15) is 8.42 Å². The van der Waals surface area contributed by atoms with Gasteiger partial charge in [0.05, 0.1) is 5.69 Å². The molecular formula is C8H10N2O4S. The van der Waals surface area contributed by atoms with Gasteiger partial charge in [0.2, 0.25) is 0 Å². The summed E-state index contributed by atoms with van der Waals surface area (Å²) in [6.45, 7) is 1.66. The summed E-state index contributed by atoms with van der Waals surface area (Å²) in [6.07, 6.45) is 0. The van der Waals surface area contributed by atoms with Crippen LogP contribution in [0.25, 0.3) is 0 Å². The highest BCUT2D eigenvalue weighted by atomic mass is 32.2. The maximum absolute atomic E-state index is 11.0. The summed E-state index contributed by atoms with van der Waals surface area (Å²) in [7, 11) is -4.37. The Labute approximate surface area is 86.8 Å². The number of amides is 2. The number of rotatable bonds is 2. The largest absolute Gasteiger partial charge is 0.351 e. The first-order valence-electron chi connectivity index (χ1n) is 3.95. The molecule has 0 aliphatic rings. The van der Waals surface area contributed by atoms with Crippen molar-refractivity contribution in [3.63, 3.8) is 0 Å². The predicted molar refractivity (Wildman–Crippen MR) is 54.2 cm³/mol. The summed E-state index contributed by atoms with van der Waals surface area (Å²) in [5, 5.41) is 2.11. The highest BCUT2D eigenvalue weighted by Crippen LogP contribution is 2.22. The van der Waals surface area contributed by atoms with Gasteiger partial charge in [0, 0.05) is 0 Å². The van der Waals surface area contributed by atoms with Crippen molar-refractivity contribution in [3.8, 4) is 0 Å². The molecular weight excluding hydrogens is 220 g/mol. The molecule has 0 aliphatic heterocycles. The Balaban J connectivity index is 3.33. The van der Waals surface area contributed by atoms with Gasteiger partial charge in [0.15, 0.2) is 0 Å². The Morgan fingerprint density at radius 2 is 2.07 bits per heavy atom. The van der Waals surface area contributed by atoms with Crippen molar-refractivity contribution in [1.82, 2.24) is 0 Å². The van der Waals surface area contributed by atoms with Gasteiger partial charge in [-0.05, 0) is 24.6 Å². The van der Waals surface area contributed by atoms with Crippen LogP contribution in [0.1, 0.15) is 5.56 Å². The van der Waals surface area contributed by atoms with E-state index >= 15 is 0 Å². The number of hydrogen-bond acceptors (Lipinski definition) is 3. The van der Waals surface area contributed by atoms with Gasteiger partial charge in [0.25, 0.3) is 10.1 Å². The monoisotopic (exact) mass is 230 g/mol. The zero-order chi connectivity index (χ0) is 11.6. The van der Waals surface area contributed by atoms with Crippen LogP contribution >= 0.6 is 0 Å². The van der Waals surface area contributed by atoms with E-state index in [-0.39, 0.29) is 10.6 Å². The van der Waals surface area contributed by atoms with Gasteiger partial charge < -0.3 is 11.1 Å². The van der Waals surface area contributed by atoms with Gasteiger partial charge in [0.1, 0.15) is 4.90 Å². The van der Waals surface area contributed by atoms with Crippen LogP contribution in [0.5, 0.6) is 0 Å². The number of carbonyl (C=O) groups excluding carboxylic acids is 1. The molecule has 0 saturated heterocycles. The van der Waals surface area contributed by atoms with Crippen LogP contribution in [0.3, 0.4) is 0 Å². The summed E-state index contributed by atoms with van der Waals surface area (Å²) in [5.41, 5.74) is 5.44. The van der Waals surface area contributed by atoms with E-state index in [0.29, 0.717) is 5.56 Å². The molecule has 6 nitrogen and oxygen atoms in total. The number of nitrogens with one attached hydrogen (secondary N) is 1. The fourth-order valence-electron chi connectivity index (χ4n) is 1.08. The van der Waals surface area contributed by atoms with E-state index < -0.39 is 16.1 Å². The second-order valence-electron chi connectivity index (χ2n) is 2.96. The molecule has 82 valence electrons. The van der Waals surface area contributed by atoms with Gasteiger partial charge in [-0.1, -0.05) is 6.07 Å². The molecule has 0 saturated carbocycles. The summed E-state index contributed by atoms with van der Waals surface area (Å²) >= 11 is 0. The highest BCUT2D eigenvalue weighted by Gasteiger charge is 2.16. The molecule has 0 atom stereocenters. The molecule has 1 aromatic rings. The van der Waals surface area contributed by atoms with Gasteiger partial charge >= 0.3 is 6.03 Å². The van der Waals surface area contributed by atoms with Crippen LogP contribution in [-0.4, -0.2) is 19.0 Å². The fraction of sp³-hybridized carbons (Fsp3) is 0.125. The maximum atomic E-state index is 11.0. The lowest BCUT2D eigenvalue weighted by Crippen LogP contribution is -2.20. The van der Waals surface area contributed by atoms with E-state index in [1.807, 2.05) is 0 Å². The third kappa shape index (κ3) is 2.93. The first-order valence-corrected chi connectivity index (χ1v) is 5.39. The smallest absolute Gasteiger partial charge is 0.316 e. The zero-order valence-corrected chi connectivity index (χ0v) is 8.71. The number of anilines is 1. The molecule has 0 heterocycles. The first kappa shape index (κ1) is 11.5. The normalized spacial score (nSPS) is 11.1. The van der Waals surface area contributed by atoms with Gasteiger partial charge in [-0.15, -0.1) is 0 Å². The molecule has 2 amide bonds. The molecule has 0 fully saturated rings. The van der Waals surface area contributed by atoms with Crippen LogP contribution < -0.4 is 11.1 Å². The minimum Gasteiger partial charge on any atom is -0.351 e. The number of urea groups is 1. The number of aryl methyl sites for hydroxylation is 1. The van der Waals surface area contributed by atoms with Crippen LogP contribution in [0.4, 0.5) is 10.5 Å². The predicted octanol–water partition coefficient (Wildman–Crippen LogP) is 0.732. The van der Waals surface area contributed by atoms with Crippen LogP contribution in [0.2, 0.25) is 0 Å². The molecule has 4 N–H and O–H groups in total. The second kappa shape index (κ2) is 3.87. The molecule has 0 spiro atoms. The van der Waals surface area contributed by atoms with Crippen LogP contribution in [-0.2, 0) is 10.1 Å². The lowest BCUT2D eigenvalue weighted by atomic mass is 10.2. The van der Waals surface area contributed by atoms with Crippen molar-refractivity contribution in [2.45, 2.75) is 11.8 Å². The molecule has 1 aromatic carbocycles. The molecule has 1 rings (SSSR count). The standard InChI is InChI=1S/C8H10N2O4S/c1-5-2-3-6(10-8(9)11)7(4-5)15(12,13)14/h2-4H,1H3,(H3,9,10,11)(H,12,13,14). The first-order chi connectivity index (χ1) is 6.80. The van der Waals surface area contributed by atoms with E-state index in [0.717, 1.165) is 0 Å². The molecule has 0 radical (unpaired) electrons. The molecule has 0 aromatic heterocycles. The molecule has 7 heteroatoms. The average molecular weight is 230 g/mol. The van der Waals surface area contributed by atoms with Crippen molar-refractivity contribution < 1.29 is 17.8 Å². The number of benzene rings is 1. The van der Waals surface area contributed by atoms with Crippen molar-refractivity contribution >= 4 is 21.8 Å². The van der Waals surface area contributed by atoms with Crippen molar-refractivity contribution in [2.24, 2.45) is 5.73 Å². The number of hydrogen-bond donors (Lipinski definition) is 3. The quantitative estimate of drug-likeness (QED) is 0.650. The molecule has 0 bridgehead atoms. The topological polar surface area (TPSA) is 109 Å². The fourth-order valence-corrected chi connectivity index (χ4v) is 1.81. The minimum absolute atomic E-state index is 0.0457. The molecule has 0 unspecified atom stereocenters. The molecule has 0 aliphatic carbocycles. The van der Waals surface area contributed by atoms with Crippen molar-refractivity contribution in [3.05, 3.63) is 23.8 Å². The Kier molecular flexibility index (Phi) is 2.96. The highest BCUT2D eigenvalue weighted by molar-refractivity contribution is 7.86. The maximum Gasteiger partial charge on any atom is 0.316 e. The van der Waals surface area contributed by atoms with E-state index in [9.17, 15) is 13.2 Å². The Hall–Kier alpha value is -1.60. The van der Waals surface area contributed by atoms with Crippen molar-refractivity contribution in [1.29, 1.82) is 0 Å². The van der Waals surface area contributed by atoms with E-state index in [2.05, 4.69) is 5.32 Å². The summed E-state index contributed by atoms with van der Waals surface area (Å²) in [6, 6.07) is 3.27. The summed E-state index contributed by atoms with van der Waals surface area (Å²) < 4.78 is 30.8. The Morgan fingerprint density at radius 1 is 1.47 bits per heavy atom. The SMILES string of the molecule is Cc1ccc(NC(N)=O)c(S(=O)(=O)O)c1. The van der Waals surface area contributed by atoms with Gasteiger partial charge in [-0.25, -0.2) is 4.79 Å². The average Bonchev–Trinajstić information content (AvgIpc) is 2.05. The van der Waals surface area contributed by atoms with Crippen molar-refractivity contribution in [2.75, 3.05) is 5.32 Å². The summed E-state index contributed by atoms with van der Waals surface area (Å²) in [5.74, 6) is 0. The molecule has 15 heavy (non-hydrogen) atoms. The van der Waals surface area contributed by atoms with Crippen LogP contribution in [0, 0.1) is 6.92 Å². The van der Waals surface area contributed by atoms with E-state index in [4.69, 9.17) is 10.3 Å². The third-order valence-electron chi connectivity index (χ3n) is 1.67.